The number of likely N-dealkylation sites (N-methyl/N-ethyl adjacent to an activating group) is 2. The first-order chi connectivity index (χ1) is 16.1. The lowest BCUT2D eigenvalue weighted by Crippen LogP contribution is -2.34. The van der Waals surface area contributed by atoms with Gasteiger partial charge in [-0.3, -0.25) is 4.79 Å². The molecule has 1 aliphatic heterocycles. The van der Waals surface area contributed by atoms with Gasteiger partial charge in [-0.1, -0.05) is 60.3 Å². The Balaban J connectivity index is 1.60. The molecule has 8 heteroatoms. The van der Waals surface area contributed by atoms with E-state index in [0.717, 1.165) is 16.8 Å². The molecule has 7 nitrogen and oxygen atoms in total. The van der Waals surface area contributed by atoms with Gasteiger partial charge in [0.2, 0.25) is 0 Å². The molecule has 0 saturated heterocycles. The molecule has 0 saturated carbocycles. The average Bonchev–Trinajstić information content (AvgIpc) is 2.98. The van der Waals surface area contributed by atoms with Gasteiger partial charge in [0, 0.05) is 44.1 Å². The fraction of sp³-hybridized carbons (Fsp3) is 0.320. The molecule has 0 aliphatic carbocycles. The average molecular weight is 464 g/mol. The Morgan fingerprint density at radius 1 is 1.12 bits per heavy atom. The molecule has 1 N–H and O–H groups in total. The van der Waals surface area contributed by atoms with E-state index in [1.165, 1.54) is 11.8 Å². The third kappa shape index (κ3) is 5.19. The number of aromatic nitrogens is 2. The molecule has 1 unspecified atom stereocenters. The number of benzene rings is 2. The SMILES string of the molecule is CNCC(OCc1ccccc1N1CCN(C)c2nc(SC)ncc2C1=O)c1ccccc1. The summed E-state index contributed by atoms with van der Waals surface area (Å²) in [6, 6.07) is 18.1. The Labute approximate surface area is 199 Å². The Hall–Kier alpha value is -2.94. The number of nitrogens with zero attached hydrogens (tertiary/aromatic N) is 4. The number of fused-ring (bicyclic) bond motifs is 1. The second-order valence-corrected chi connectivity index (χ2v) is 8.64. The van der Waals surface area contributed by atoms with Crippen LogP contribution >= 0.6 is 11.8 Å². The molecular weight excluding hydrogens is 434 g/mol. The van der Waals surface area contributed by atoms with E-state index in [4.69, 9.17) is 4.74 Å². The zero-order chi connectivity index (χ0) is 23.2. The topological polar surface area (TPSA) is 70.6 Å². The van der Waals surface area contributed by atoms with Crippen LogP contribution in [0.3, 0.4) is 0 Å². The number of ether oxygens (including phenoxy) is 1. The summed E-state index contributed by atoms with van der Waals surface area (Å²) in [5, 5.41) is 3.87. The number of anilines is 2. The minimum Gasteiger partial charge on any atom is -0.367 e. The molecule has 2 heterocycles. The number of thioether (sulfide) groups is 1. The van der Waals surface area contributed by atoms with Gasteiger partial charge in [-0.25, -0.2) is 9.97 Å². The van der Waals surface area contributed by atoms with Crippen LogP contribution in [-0.2, 0) is 11.3 Å². The summed E-state index contributed by atoms with van der Waals surface area (Å²) in [7, 11) is 3.88. The third-order valence-electron chi connectivity index (χ3n) is 5.71. The Morgan fingerprint density at radius 3 is 2.64 bits per heavy atom. The van der Waals surface area contributed by atoms with Gasteiger partial charge in [0.05, 0.1) is 12.7 Å². The minimum absolute atomic E-state index is 0.0886. The number of carbonyl (C=O) groups is 1. The molecule has 0 fully saturated rings. The monoisotopic (exact) mass is 463 g/mol. The van der Waals surface area contributed by atoms with Crippen LogP contribution in [0.1, 0.15) is 27.6 Å². The van der Waals surface area contributed by atoms with E-state index in [0.29, 0.717) is 42.8 Å². The maximum Gasteiger partial charge on any atom is 0.263 e. The van der Waals surface area contributed by atoms with E-state index in [9.17, 15) is 4.79 Å². The zero-order valence-corrected chi connectivity index (χ0v) is 20.0. The molecule has 33 heavy (non-hydrogen) atoms. The van der Waals surface area contributed by atoms with Gasteiger partial charge in [0.1, 0.15) is 11.4 Å². The molecule has 4 rings (SSSR count). The number of hydrogen-bond donors (Lipinski definition) is 1. The van der Waals surface area contributed by atoms with Crippen molar-refractivity contribution >= 4 is 29.2 Å². The third-order valence-corrected chi connectivity index (χ3v) is 6.27. The van der Waals surface area contributed by atoms with Crippen molar-refractivity contribution in [3.8, 4) is 0 Å². The predicted octanol–water partition coefficient (Wildman–Crippen LogP) is 3.77. The molecule has 1 aliphatic rings. The van der Waals surface area contributed by atoms with E-state index < -0.39 is 0 Å². The number of rotatable bonds is 8. The maximum absolute atomic E-state index is 13.6. The van der Waals surface area contributed by atoms with E-state index >= 15 is 0 Å². The number of amides is 1. The van der Waals surface area contributed by atoms with Gasteiger partial charge < -0.3 is 19.9 Å². The normalized spacial score (nSPS) is 14.7. The molecule has 172 valence electrons. The van der Waals surface area contributed by atoms with Crippen molar-refractivity contribution in [1.82, 2.24) is 15.3 Å². The van der Waals surface area contributed by atoms with E-state index in [2.05, 4.69) is 27.4 Å². The second-order valence-electron chi connectivity index (χ2n) is 7.87. The standard InChI is InChI=1S/C25H29N5O2S/c1-26-16-22(18-9-5-4-6-10-18)32-17-19-11-7-8-12-21(19)30-14-13-29(2)23-20(24(30)31)15-27-25(28-23)33-3/h4-12,15,22,26H,13-14,16-17H2,1-3H3. The minimum atomic E-state index is -0.0933. The Bertz CT molecular complexity index is 1100. The molecule has 0 bridgehead atoms. The summed E-state index contributed by atoms with van der Waals surface area (Å²) in [6.45, 7) is 2.31. The summed E-state index contributed by atoms with van der Waals surface area (Å²) in [5.41, 5.74) is 3.46. The fourth-order valence-electron chi connectivity index (χ4n) is 3.94. The highest BCUT2D eigenvalue weighted by atomic mass is 32.2. The highest BCUT2D eigenvalue weighted by molar-refractivity contribution is 7.98. The molecule has 1 atom stereocenters. The van der Waals surface area contributed by atoms with Crippen LogP contribution in [0.5, 0.6) is 0 Å². The van der Waals surface area contributed by atoms with Gasteiger partial charge in [0.15, 0.2) is 5.16 Å². The molecule has 1 aromatic heterocycles. The van der Waals surface area contributed by atoms with Crippen molar-refractivity contribution in [2.75, 3.05) is 49.8 Å². The van der Waals surface area contributed by atoms with Gasteiger partial charge in [-0.05, 0) is 24.9 Å². The number of carbonyl (C=O) groups excluding carboxylic acids is 1. The van der Waals surface area contributed by atoms with Crippen LogP contribution in [-0.4, -0.2) is 55.9 Å². The summed E-state index contributed by atoms with van der Waals surface area (Å²) < 4.78 is 6.34. The van der Waals surface area contributed by atoms with Crippen LogP contribution in [0.15, 0.2) is 66.0 Å². The van der Waals surface area contributed by atoms with E-state index in [1.807, 2.05) is 72.6 Å². The van der Waals surface area contributed by atoms with Crippen LogP contribution < -0.4 is 15.1 Å². The highest BCUT2D eigenvalue weighted by Gasteiger charge is 2.29. The van der Waals surface area contributed by atoms with E-state index in [1.54, 1.807) is 6.20 Å². The Kier molecular flexibility index (Phi) is 7.59. The molecular formula is C25H29N5O2S. The first kappa shape index (κ1) is 23.2. The van der Waals surface area contributed by atoms with Crippen molar-refractivity contribution in [3.63, 3.8) is 0 Å². The number of hydrogen-bond acceptors (Lipinski definition) is 7. The number of para-hydroxylation sites is 1. The molecule has 3 aromatic rings. The fourth-order valence-corrected chi connectivity index (χ4v) is 4.28. The van der Waals surface area contributed by atoms with Gasteiger partial charge in [-0.2, -0.15) is 0 Å². The van der Waals surface area contributed by atoms with Crippen molar-refractivity contribution in [1.29, 1.82) is 0 Å². The molecule has 0 radical (unpaired) electrons. The maximum atomic E-state index is 13.6. The van der Waals surface area contributed by atoms with Crippen LogP contribution in [0.25, 0.3) is 0 Å². The number of nitrogens with one attached hydrogen (secondary N) is 1. The van der Waals surface area contributed by atoms with E-state index in [-0.39, 0.29) is 12.0 Å². The first-order valence-corrected chi connectivity index (χ1v) is 12.2. The lowest BCUT2D eigenvalue weighted by Gasteiger charge is -2.25. The predicted molar refractivity (Wildman–Crippen MR) is 133 cm³/mol. The summed E-state index contributed by atoms with van der Waals surface area (Å²) in [4.78, 5) is 26.3. The van der Waals surface area contributed by atoms with Crippen molar-refractivity contribution in [2.24, 2.45) is 0 Å². The Morgan fingerprint density at radius 2 is 1.88 bits per heavy atom. The summed E-state index contributed by atoms with van der Waals surface area (Å²) >= 11 is 1.47. The van der Waals surface area contributed by atoms with Crippen LogP contribution in [0.2, 0.25) is 0 Å². The van der Waals surface area contributed by atoms with Crippen molar-refractivity contribution < 1.29 is 9.53 Å². The molecule has 0 spiro atoms. The second kappa shape index (κ2) is 10.8. The molecule has 1 amide bonds. The van der Waals surface area contributed by atoms with Crippen LogP contribution in [0.4, 0.5) is 11.5 Å². The van der Waals surface area contributed by atoms with Gasteiger partial charge >= 0.3 is 0 Å². The highest BCUT2D eigenvalue weighted by Crippen LogP contribution is 2.30. The quantitative estimate of drug-likeness (QED) is 0.403. The van der Waals surface area contributed by atoms with Crippen molar-refractivity contribution in [3.05, 3.63) is 77.5 Å². The van der Waals surface area contributed by atoms with Crippen molar-refractivity contribution in [2.45, 2.75) is 17.9 Å². The summed E-state index contributed by atoms with van der Waals surface area (Å²) in [5.74, 6) is 0.582. The lowest BCUT2D eigenvalue weighted by atomic mass is 10.1. The van der Waals surface area contributed by atoms with Crippen LogP contribution in [0, 0.1) is 0 Å². The summed E-state index contributed by atoms with van der Waals surface area (Å²) in [6.07, 6.45) is 3.48. The smallest absolute Gasteiger partial charge is 0.263 e. The lowest BCUT2D eigenvalue weighted by molar-refractivity contribution is 0.0412. The largest absolute Gasteiger partial charge is 0.367 e. The molecule has 2 aromatic carbocycles. The zero-order valence-electron chi connectivity index (χ0n) is 19.2. The van der Waals surface area contributed by atoms with Gasteiger partial charge in [0.25, 0.3) is 5.91 Å². The van der Waals surface area contributed by atoms with Gasteiger partial charge in [-0.15, -0.1) is 0 Å². The first-order valence-electron chi connectivity index (χ1n) is 11.0.